The summed E-state index contributed by atoms with van der Waals surface area (Å²) in [5.41, 5.74) is 0. The summed E-state index contributed by atoms with van der Waals surface area (Å²) >= 11 is 8.00. The van der Waals surface area contributed by atoms with Gasteiger partial charge in [0.2, 0.25) is 5.91 Å². The lowest BCUT2D eigenvalue weighted by atomic mass is 9.94. The van der Waals surface area contributed by atoms with Crippen molar-refractivity contribution in [1.29, 1.82) is 0 Å². The SMILES string of the molecule is O=C1C(Cc2sc3cc(F)ccc3c2Cl)CCN1C1CCCCC1. The molecular formula is C19H21ClFNOS. The van der Waals surface area contributed by atoms with Gasteiger partial charge in [0.15, 0.2) is 0 Å². The highest BCUT2D eigenvalue weighted by atomic mass is 35.5. The molecule has 0 radical (unpaired) electrons. The topological polar surface area (TPSA) is 20.3 Å². The minimum atomic E-state index is -0.243. The van der Waals surface area contributed by atoms with Crippen molar-refractivity contribution >= 4 is 38.9 Å². The highest BCUT2D eigenvalue weighted by Crippen LogP contribution is 2.39. The van der Waals surface area contributed by atoms with E-state index in [1.165, 1.54) is 42.7 Å². The summed E-state index contributed by atoms with van der Waals surface area (Å²) in [6.45, 7) is 0.880. The van der Waals surface area contributed by atoms with Crippen LogP contribution in [0.4, 0.5) is 4.39 Å². The van der Waals surface area contributed by atoms with Crippen LogP contribution in [0.15, 0.2) is 18.2 Å². The molecule has 2 aromatic rings. The normalized spacial score (nSPS) is 22.7. The van der Waals surface area contributed by atoms with Crippen LogP contribution >= 0.6 is 22.9 Å². The molecule has 1 aromatic heterocycles. The van der Waals surface area contributed by atoms with E-state index >= 15 is 0 Å². The van der Waals surface area contributed by atoms with E-state index in [1.807, 2.05) is 0 Å². The van der Waals surface area contributed by atoms with Gasteiger partial charge in [0.25, 0.3) is 0 Å². The number of amides is 1. The van der Waals surface area contributed by atoms with Crippen LogP contribution in [0.5, 0.6) is 0 Å². The molecule has 0 spiro atoms. The number of thiophene rings is 1. The fourth-order valence-corrected chi connectivity index (χ4v) is 5.77. The average Bonchev–Trinajstić information content (AvgIpc) is 3.09. The van der Waals surface area contributed by atoms with Gasteiger partial charge in [-0.2, -0.15) is 0 Å². The van der Waals surface area contributed by atoms with Crippen molar-refractivity contribution in [3.05, 3.63) is 33.9 Å². The van der Waals surface area contributed by atoms with Crippen molar-refractivity contribution < 1.29 is 9.18 Å². The largest absolute Gasteiger partial charge is 0.339 e. The van der Waals surface area contributed by atoms with Crippen LogP contribution < -0.4 is 0 Å². The van der Waals surface area contributed by atoms with E-state index in [2.05, 4.69) is 4.90 Å². The van der Waals surface area contributed by atoms with Gasteiger partial charge < -0.3 is 4.90 Å². The van der Waals surface area contributed by atoms with Crippen LogP contribution in [0.25, 0.3) is 10.1 Å². The maximum atomic E-state index is 13.4. The molecule has 0 bridgehead atoms. The van der Waals surface area contributed by atoms with E-state index in [0.717, 1.165) is 40.8 Å². The third-order valence-corrected chi connectivity index (χ3v) is 7.17. The Morgan fingerprint density at radius 3 is 2.79 bits per heavy atom. The Balaban J connectivity index is 1.51. The van der Waals surface area contributed by atoms with Crippen LogP contribution in [0.3, 0.4) is 0 Å². The lowest BCUT2D eigenvalue weighted by Gasteiger charge is -2.31. The van der Waals surface area contributed by atoms with Crippen molar-refractivity contribution in [2.24, 2.45) is 5.92 Å². The predicted molar refractivity (Wildman–Crippen MR) is 97.2 cm³/mol. The minimum absolute atomic E-state index is 0.0299. The number of benzene rings is 1. The molecule has 2 nitrogen and oxygen atoms in total. The van der Waals surface area contributed by atoms with Gasteiger partial charge in [0, 0.05) is 33.5 Å². The molecule has 0 N–H and O–H groups in total. The monoisotopic (exact) mass is 365 g/mol. The fraction of sp³-hybridized carbons (Fsp3) is 0.526. The summed E-state index contributed by atoms with van der Waals surface area (Å²) in [6.07, 6.45) is 7.69. The van der Waals surface area contributed by atoms with Crippen LogP contribution in [-0.2, 0) is 11.2 Å². The van der Waals surface area contributed by atoms with Crippen LogP contribution in [0.1, 0.15) is 43.4 Å². The molecule has 1 saturated heterocycles. The van der Waals surface area contributed by atoms with Crippen molar-refractivity contribution in [3.8, 4) is 0 Å². The van der Waals surface area contributed by atoms with E-state index in [4.69, 9.17) is 11.6 Å². The van der Waals surface area contributed by atoms with E-state index < -0.39 is 0 Å². The molecule has 128 valence electrons. The minimum Gasteiger partial charge on any atom is -0.339 e. The van der Waals surface area contributed by atoms with Gasteiger partial charge >= 0.3 is 0 Å². The number of halogens is 2. The molecular weight excluding hydrogens is 345 g/mol. The molecule has 2 aliphatic rings. The highest BCUT2D eigenvalue weighted by molar-refractivity contribution is 7.19. The molecule has 2 fully saturated rings. The number of rotatable bonds is 3. The van der Waals surface area contributed by atoms with Gasteiger partial charge in [-0.1, -0.05) is 30.9 Å². The maximum Gasteiger partial charge on any atom is 0.226 e. The van der Waals surface area contributed by atoms with Gasteiger partial charge in [-0.05, 0) is 43.9 Å². The first-order valence-electron chi connectivity index (χ1n) is 8.80. The Hall–Kier alpha value is -1.13. The zero-order valence-corrected chi connectivity index (χ0v) is 15.1. The zero-order valence-electron chi connectivity index (χ0n) is 13.6. The van der Waals surface area contributed by atoms with E-state index in [9.17, 15) is 9.18 Å². The molecule has 2 heterocycles. The molecule has 1 aromatic carbocycles. The van der Waals surface area contributed by atoms with Crippen LogP contribution in [0, 0.1) is 11.7 Å². The molecule has 1 saturated carbocycles. The second kappa shape index (κ2) is 6.64. The summed E-state index contributed by atoms with van der Waals surface area (Å²) in [6, 6.07) is 5.15. The second-order valence-electron chi connectivity index (χ2n) is 6.99. The quantitative estimate of drug-likeness (QED) is 0.711. The first kappa shape index (κ1) is 16.3. The van der Waals surface area contributed by atoms with Crippen molar-refractivity contribution in [2.45, 2.75) is 51.0 Å². The third-order valence-electron chi connectivity index (χ3n) is 5.46. The molecule has 1 amide bonds. The fourth-order valence-electron chi connectivity index (χ4n) is 4.15. The molecule has 1 atom stereocenters. The summed E-state index contributed by atoms with van der Waals surface area (Å²) in [7, 11) is 0. The first-order valence-corrected chi connectivity index (χ1v) is 10.00. The zero-order chi connectivity index (χ0) is 16.7. The molecule has 1 unspecified atom stereocenters. The third kappa shape index (κ3) is 2.95. The summed E-state index contributed by atoms with van der Waals surface area (Å²) in [4.78, 5) is 15.9. The maximum absolute atomic E-state index is 13.4. The van der Waals surface area contributed by atoms with E-state index in [1.54, 1.807) is 6.07 Å². The number of carbonyl (C=O) groups is 1. The average molecular weight is 366 g/mol. The van der Waals surface area contributed by atoms with Gasteiger partial charge in [-0.25, -0.2) is 4.39 Å². The first-order chi connectivity index (χ1) is 11.6. The molecule has 4 rings (SSSR count). The predicted octanol–water partition coefficient (Wildman–Crippen LogP) is 5.42. The molecule has 24 heavy (non-hydrogen) atoms. The molecule has 5 heteroatoms. The summed E-state index contributed by atoms with van der Waals surface area (Å²) in [5.74, 6) is 0.0799. The highest BCUT2D eigenvalue weighted by Gasteiger charge is 2.36. The van der Waals surface area contributed by atoms with Crippen LogP contribution in [0.2, 0.25) is 5.02 Å². The van der Waals surface area contributed by atoms with Crippen LogP contribution in [-0.4, -0.2) is 23.4 Å². The van der Waals surface area contributed by atoms with E-state index in [0.29, 0.717) is 23.4 Å². The number of nitrogens with zero attached hydrogens (tertiary/aromatic N) is 1. The Labute approximate surface area is 150 Å². The lowest BCUT2D eigenvalue weighted by Crippen LogP contribution is -2.39. The smallest absolute Gasteiger partial charge is 0.226 e. The van der Waals surface area contributed by atoms with Crippen molar-refractivity contribution in [3.63, 3.8) is 0 Å². The van der Waals surface area contributed by atoms with Gasteiger partial charge in [0.1, 0.15) is 5.82 Å². The van der Waals surface area contributed by atoms with Gasteiger partial charge in [0.05, 0.1) is 5.02 Å². The second-order valence-corrected chi connectivity index (χ2v) is 8.51. The molecule has 1 aliphatic heterocycles. The Morgan fingerprint density at radius 1 is 1.21 bits per heavy atom. The number of hydrogen-bond acceptors (Lipinski definition) is 2. The molecule has 1 aliphatic carbocycles. The van der Waals surface area contributed by atoms with Gasteiger partial charge in [-0.15, -0.1) is 11.3 Å². The Morgan fingerprint density at radius 2 is 2.00 bits per heavy atom. The number of carbonyl (C=O) groups excluding carboxylic acids is 1. The number of likely N-dealkylation sites (tertiary alicyclic amines) is 1. The van der Waals surface area contributed by atoms with Crippen molar-refractivity contribution in [2.75, 3.05) is 6.54 Å². The number of hydrogen-bond donors (Lipinski definition) is 0. The summed E-state index contributed by atoms with van der Waals surface area (Å²) in [5, 5.41) is 1.59. The summed E-state index contributed by atoms with van der Waals surface area (Å²) < 4.78 is 14.3. The standard InChI is InChI=1S/C19H21ClFNOS/c20-18-15-7-6-13(21)11-16(15)24-17(18)10-12-8-9-22(19(12)23)14-4-2-1-3-5-14/h6-7,11-12,14H,1-5,8-10H2. The van der Waals surface area contributed by atoms with E-state index in [-0.39, 0.29) is 11.7 Å². The Bertz CT molecular complexity index is 768. The lowest BCUT2D eigenvalue weighted by molar-refractivity contribution is -0.133. The van der Waals surface area contributed by atoms with Gasteiger partial charge in [-0.3, -0.25) is 4.79 Å². The Kier molecular flexibility index (Phi) is 4.52. The van der Waals surface area contributed by atoms with Crippen molar-refractivity contribution in [1.82, 2.24) is 4.90 Å². The number of fused-ring (bicyclic) bond motifs is 1.